The molecule has 0 saturated heterocycles. The summed E-state index contributed by atoms with van der Waals surface area (Å²) in [6.07, 6.45) is 1.70. The van der Waals surface area contributed by atoms with Gasteiger partial charge in [0.15, 0.2) is 0 Å². The van der Waals surface area contributed by atoms with Gasteiger partial charge in [0, 0.05) is 126 Å². The summed E-state index contributed by atoms with van der Waals surface area (Å²) in [6.45, 7) is 18.3. The molecule has 0 aromatic heterocycles. The van der Waals surface area contributed by atoms with Crippen molar-refractivity contribution in [3.05, 3.63) is 12.7 Å². The van der Waals surface area contributed by atoms with E-state index in [1.54, 1.807) is 6.08 Å². The van der Waals surface area contributed by atoms with Gasteiger partial charge in [-0.05, 0) is 0 Å². The molecule has 0 aliphatic carbocycles. The Kier molecular flexibility index (Phi) is 65.3. The zero-order chi connectivity index (χ0) is 12.0. The number of allylic oxidation sites excluding steroid dienone is 1. The Morgan fingerprint density at radius 3 is 1.05 bits per heavy atom. The Hall–Kier alpha value is 4.99. The van der Waals surface area contributed by atoms with Crippen molar-refractivity contribution < 1.29 is 165 Å². The van der Waals surface area contributed by atoms with E-state index in [0.717, 1.165) is 0 Å². The summed E-state index contributed by atoms with van der Waals surface area (Å²) < 4.78 is 4.50. The smallest absolute Gasteiger partial charge is 0 e. The molecule has 0 amide bonds. The summed E-state index contributed by atoms with van der Waals surface area (Å²) >= 11 is 2.91. The van der Waals surface area contributed by atoms with Crippen molar-refractivity contribution in [3.63, 3.8) is 0 Å². The first-order valence-corrected chi connectivity index (χ1v) is 7.46. The van der Waals surface area contributed by atoms with E-state index in [1.807, 2.05) is 0 Å². The van der Waals surface area contributed by atoms with Gasteiger partial charge in [-0.1, -0.05) is 0 Å². The van der Waals surface area contributed by atoms with Crippen LogP contribution in [0.15, 0.2) is 6.08 Å². The molecule has 0 saturated carbocycles. The van der Waals surface area contributed by atoms with Gasteiger partial charge in [0.2, 0.25) is 0 Å². The maximum absolute atomic E-state index is 5.32. The van der Waals surface area contributed by atoms with Crippen molar-refractivity contribution in [1.82, 2.24) is 0 Å². The molecule has 0 rings (SSSR count). The molecule has 0 N–H and O–H groups in total. The van der Waals surface area contributed by atoms with Gasteiger partial charge < -0.3 is 0 Å². The van der Waals surface area contributed by atoms with Gasteiger partial charge >= 0.3 is 112 Å². The second kappa shape index (κ2) is 26.2. The fraction of sp³-hybridized carbons (Fsp3) is 0.667. The minimum absolute atomic E-state index is 0. The summed E-state index contributed by atoms with van der Waals surface area (Å²) in [5, 5.41) is 0. The summed E-state index contributed by atoms with van der Waals surface area (Å²) in [7, 11) is 0. The number of hydrogen-bond donors (Lipinski definition) is 0. The first kappa shape index (κ1) is 49.8. The van der Waals surface area contributed by atoms with Crippen LogP contribution in [-0.4, -0.2) is 8.30 Å². The predicted molar refractivity (Wildman–Crippen MR) is 57.8 cm³/mol. The van der Waals surface area contributed by atoms with Crippen molar-refractivity contribution in [3.8, 4) is 0 Å². The Balaban J connectivity index is -0.0000000188. The molecule has 0 radical (unpaired) electrons. The van der Waals surface area contributed by atoms with E-state index < -0.39 is 0 Å². The van der Waals surface area contributed by atoms with Crippen molar-refractivity contribution >= 4 is 8.30 Å². The number of rotatable bonds is 1. The zero-order valence-electron chi connectivity index (χ0n) is 12.4. The monoisotopic (exact) mass is 1640 g/mol. The fourth-order valence-corrected chi connectivity index (χ4v) is 0.250. The molecular formula is C12H20W8-2. The summed E-state index contributed by atoms with van der Waals surface area (Å²) in [5.74, 6) is 0. The van der Waals surface area contributed by atoms with Crippen LogP contribution < -0.4 is 0 Å². The second-order valence-corrected chi connectivity index (χ2v) is 7.45. The molecule has 0 nitrogen and oxygen atoms in total. The van der Waals surface area contributed by atoms with E-state index >= 15 is 0 Å². The molecule has 8 heteroatoms. The van der Waals surface area contributed by atoms with Crippen LogP contribution in [-0.2, 0) is 165 Å². The molecule has 20 heavy (non-hydrogen) atoms. The molecular weight excluding hydrogens is 1610 g/mol. The van der Waals surface area contributed by atoms with Gasteiger partial charge in [-0.25, -0.2) is 0 Å². The van der Waals surface area contributed by atoms with Crippen LogP contribution >= 0.6 is 0 Å². The Bertz CT molecular complexity index is 212. The Morgan fingerprint density at radius 1 is 0.850 bits per heavy atom. The molecule has 0 atom stereocenters. The van der Waals surface area contributed by atoms with E-state index in [9.17, 15) is 0 Å². The molecule has 0 aliphatic rings. The van der Waals surface area contributed by atoms with Gasteiger partial charge in [-0.3, -0.25) is 0 Å². The fourth-order valence-electron chi connectivity index (χ4n) is 0.250. The average Bonchev–Trinajstić information content (AvgIpc) is 2.01. The van der Waals surface area contributed by atoms with Crippen molar-refractivity contribution in [2.24, 2.45) is 10.8 Å². The van der Waals surface area contributed by atoms with Crippen molar-refractivity contribution in [2.45, 2.75) is 41.5 Å². The van der Waals surface area contributed by atoms with Gasteiger partial charge in [-0.2, -0.15) is 0 Å². The molecule has 0 unspecified atom stereocenters. The van der Waals surface area contributed by atoms with Crippen LogP contribution in [0, 0.1) is 17.4 Å². The van der Waals surface area contributed by atoms with E-state index in [1.165, 1.54) is 42.6 Å². The van der Waals surface area contributed by atoms with Gasteiger partial charge in [0.1, 0.15) is 0 Å². The average molecular weight is 1640 g/mol. The SMILES string of the molecule is CC(C)(C)[C-]=[W].[CH-]=C[C](=[W])C(C)(C)C.[W].[W].[W].[W].[W].[W]. The quantitative estimate of drug-likeness (QED) is 0.355. The Morgan fingerprint density at radius 2 is 1.05 bits per heavy atom. The Labute approximate surface area is 234 Å². The topological polar surface area (TPSA) is 0 Å². The molecule has 118 valence electrons. The summed E-state index contributed by atoms with van der Waals surface area (Å²) in [6, 6.07) is 0. The van der Waals surface area contributed by atoms with Gasteiger partial charge in [0.25, 0.3) is 0 Å². The molecule has 0 aliphatic heterocycles. The number of hydrogen-bond acceptors (Lipinski definition) is 0. The van der Waals surface area contributed by atoms with E-state index in [4.69, 9.17) is 6.58 Å². The zero-order valence-corrected chi connectivity index (χ0v) is 35.9. The molecule has 0 aromatic rings. The maximum Gasteiger partial charge on any atom is 0 e. The summed E-state index contributed by atoms with van der Waals surface area (Å²) in [4.78, 5) is 0. The standard InChI is InChI=1S/C7H11.C5H9.8W/c1-5-6-7(2,3)4;1-5(2,3)4;;;;;;;;/h1,5H,2-4H3;1-3H3;;;;;;;;/q2*-1;;;;;;;;. The second-order valence-electron chi connectivity index (χ2n) is 5.13. The molecule has 0 fully saturated rings. The van der Waals surface area contributed by atoms with E-state index in [0.29, 0.717) is 5.41 Å². The van der Waals surface area contributed by atoms with Crippen LogP contribution in [0.2, 0.25) is 0 Å². The molecule has 0 spiro atoms. The van der Waals surface area contributed by atoms with Crippen LogP contribution in [0.4, 0.5) is 0 Å². The van der Waals surface area contributed by atoms with Crippen LogP contribution in [0.5, 0.6) is 0 Å². The minimum atomic E-state index is 0. The third kappa shape index (κ3) is 43.5. The van der Waals surface area contributed by atoms with Crippen molar-refractivity contribution in [1.29, 1.82) is 0 Å². The molecule has 0 heterocycles. The van der Waals surface area contributed by atoms with Crippen molar-refractivity contribution in [2.75, 3.05) is 0 Å². The third-order valence-corrected chi connectivity index (χ3v) is 6.09. The van der Waals surface area contributed by atoms with Gasteiger partial charge in [-0.15, -0.1) is 0 Å². The first-order chi connectivity index (χ1) is 6.04. The predicted octanol–water partition coefficient (Wildman–Crippen LogP) is 2.98. The van der Waals surface area contributed by atoms with Crippen LogP contribution in [0.3, 0.4) is 0 Å². The van der Waals surface area contributed by atoms with E-state index in [-0.39, 0.29) is 132 Å². The molecule has 0 aromatic carbocycles. The maximum atomic E-state index is 5.32. The third-order valence-electron chi connectivity index (χ3n) is 1.20. The minimum Gasteiger partial charge on any atom is 0 e. The summed E-state index contributed by atoms with van der Waals surface area (Å²) in [5.41, 5.74) is 0.611. The first-order valence-electron chi connectivity index (χ1n) is 4.53. The van der Waals surface area contributed by atoms with Gasteiger partial charge in [0.05, 0.1) is 0 Å². The van der Waals surface area contributed by atoms with Crippen LogP contribution in [0.25, 0.3) is 0 Å². The van der Waals surface area contributed by atoms with E-state index in [2.05, 4.69) is 45.9 Å². The van der Waals surface area contributed by atoms with Crippen LogP contribution in [0.1, 0.15) is 41.5 Å². The normalized spacial score (nSPS) is 7.70. The largest absolute Gasteiger partial charge is 0 e. The molecule has 0 bridgehead atoms.